The summed E-state index contributed by atoms with van der Waals surface area (Å²) in [4.78, 5) is 6.06. The first-order chi connectivity index (χ1) is 12.4. The van der Waals surface area contributed by atoms with Gasteiger partial charge in [0.25, 0.3) is 0 Å². The van der Waals surface area contributed by atoms with Crippen LogP contribution in [-0.4, -0.2) is 56.2 Å². The number of rotatable bonds is 5. The van der Waals surface area contributed by atoms with Crippen LogP contribution >= 0.6 is 15.9 Å². The Bertz CT molecular complexity index is 632. The Morgan fingerprint density at radius 2 is 1.88 bits per heavy atom. The van der Waals surface area contributed by atoms with Crippen molar-refractivity contribution in [1.29, 1.82) is 0 Å². The maximum Gasteiger partial charge on any atom is 0.221 e. The summed E-state index contributed by atoms with van der Waals surface area (Å²) in [5.41, 5.74) is 1.12. The third-order valence-electron chi connectivity index (χ3n) is 4.71. The van der Waals surface area contributed by atoms with Crippen LogP contribution in [0.4, 0.5) is 0 Å². The van der Waals surface area contributed by atoms with E-state index in [0.29, 0.717) is 19.8 Å². The highest BCUT2D eigenvalue weighted by atomic mass is 79.9. The monoisotopic (exact) mass is 427 g/mol. The number of benzene rings is 1. The molecule has 0 spiro atoms. The van der Waals surface area contributed by atoms with Crippen LogP contribution in [0.25, 0.3) is 0 Å². The number of methoxy groups -OCH3 is 2. The molecule has 2 heterocycles. The van der Waals surface area contributed by atoms with Crippen molar-refractivity contribution in [3.8, 4) is 0 Å². The molecule has 1 fully saturated rings. The van der Waals surface area contributed by atoms with Crippen LogP contribution in [0.1, 0.15) is 19.4 Å². The normalized spacial score (nSPS) is 28.6. The van der Waals surface area contributed by atoms with Crippen LogP contribution in [-0.2, 0) is 30.3 Å². The van der Waals surface area contributed by atoms with Gasteiger partial charge < -0.3 is 18.9 Å². The van der Waals surface area contributed by atoms with Crippen molar-refractivity contribution in [3.63, 3.8) is 0 Å². The average molecular weight is 428 g/mol. The molecule has 0 bridgehead atoms. The molecule has 3 rings (SSSR count). The summed E-state index contributed by atoms with van der Waals surface area (Å²) in [7, 11) is 3.25. The summed E-state index contributed by atoms with van der Waals surface area (Å²) in [5.74, 6) is -1.74. The largest absolute Gasteiger partial charge is 0.348 e. The Morgan fingerprint density at radius 3 is 2.46 bits per heavy atom. The van der Waals surface area contributed by atoms with E-state index in [4.69, 9.17) is 23.8 Å². The van der Waals surface area contributed by atoms with E-state index < -0.39 is 11.6 Å². The highest BCUT2D eigenvalue weighted by Crippen LogP contribution is 2.41. The van der Waals surface area contributed by atoms with Gasteiger partial charge in [-0.3, -0.25) is 4.84 Å². The third kappa shape index (κ3) is 3.89. The van der Waals surface area contributed by atoms with Gasteiger partial charge in [-0.2, -0.15) is 5.06 Å². The fourth-order valence-electron chi connectivity index (χ4n) is 3.49. The molecule has 1 aromatic carbocycles. The van der Waals surface area contributed by atoms with Gasteiger partial charge in [-0.1, -0.05) is 30.3 Å². The molecule has 6 nitrogen and oxygen atoms in total. The first-order valence-electron chi connectivity index (χ1n) is 8.63. The van der Waals surface area contributed by atoms with Gasteiger partial charge >= 0.3 is 0 Å². The van der Waals surface area contributed by atoms with Crippen LogP contribution < -0.4 is 0 Å². The van der Waals surface area contributed by atoms with Gasteiger partial charge in [-0.15, -0.1) is 0 Å². The van der Waals surface area contributed by atoms with Crippen molar-refractivity contribution in [1.82, 2.24) is 5.06 Å². The van der Waals surface area contributed by atoms with E-state index >= 15 is 0 Å². The minimum Gasteiger partial charge on any atom is -0.348 e. The van der Waals surface area contributed by atoms with Gasteiger partial charge in [0.2, 0.25) is 5.79 Å². The quantitative estimate of drug-likeness (QED) is 0.672. The molecule has 7 heteroatoms. The Hall–Kier alpha value is -0.800. The van der Waals surface area contributed by atoms with Crippen LogP contribution in [0.3, 0.4) is 0 Å². The fraction of sp³-hybridized carbons (Fsp3) is 0.579. The Balaban J connectivity index is 1.98. The van der Waals surface area contributed by atoms with E-state index in [1.165, 1.54) is 0 Å². The van der Waals surface area contributed by atoms with E-state index in [0.717, 1.165) is 10.0 Å². The number of ether oxygens (including phenoxy) is 4. The van der Waals surface area contributed by atoms with Crippen molar-refractivity contribution < 1.29 is 23.8 Å². The molecule has 0 saturated carbocycles. The molecule has 0 aromatic heterocycles. The van der Waals surface area contributed by atoms with Crippen molar-refractivity contribution in [2.45, 2.75) is 44.1 Å². The lowest BCUT2D eigenvalue weighted by atomic mass is 9.99. The summed E-state index contributed by atoms with van der Waals surface area (Å²) >= 11 is 3.62. The minimum atomic E-state index is -1.07. The van der Waals surface area contributed by atoms with Crippen molar-refractivity contribution in [3.05, 3.63) is 46.5 Å². The summed E-state index contributed by atoms with van der Waals surface area (Å²) in [5, 5.41) is 1.88. The zero-order valence-electron chi connectivity index (χ0n) is 15.6. The van der Waals surface area contributed by atoms with Gasteiger partial charge in [0.05, 0.1) is 17.7 Å². The lowest BCUT2D eigenvalue weighted by Crippen LogP contribution is -2.60. The van der Waals surface area contributed by atoms with E-state index in [9.17, 15) is 0 Å². The highest BCUT2D eigenvalue weighted by Gasteiger charge is 2.55. The molecule has 1 aromatic rings. The third-order valence-corrected chi connectivity index (χ3v) is 5.58. The molecular weight excluding hydrogens is 402 g/mol. The summed E-state index contributed by atoms with van der Waals surface area (Å²) in [6.45, 7) is 5.18. The van der Waals surface area contributed by atoms with Gasteiger partial charge in [-0.05, 0) is 41.4 Å². The highest BCUT2D eigenvalue weighted by molar-refractivity contribution is 9.11. The molecule has 26 heavy (non-hydrogen) atoms. The van der Waals surface area contributed by atoms with E-state index in [2.05, 4.69) is 28.1 Å². The molecule has 2 aliphatic rings. The Kier molecular flexibility index (Phi) is 6.18. The maximum atomic E-state index is 6.17. The van der Waals surface area contributed by atoms with Crippen LogP contribution in [0.2, 0.25) is 0 Å². The SMILES string of the molecule is COC1(OC)C(Br)=CCON(Cc2ccccc2)[C@@H]1[C@H]1COC(C)(C)O1. The molecule has 0 N–H and O–H groups in total. The average Bonchev–Trinajstić information content (AvgIpc) is 2.92. The first kappa shape index (κ1) is 19.9. The second-order valence-corrected chi connectivity index (χ2v) is 7.65. The van der Waals surface area contributed by atoms with Crippen molar-refractivity contribution in [2.75, 3.05) is 27.4 Å². The van der Waals surface area contributed by atoms with Crippen molar-refractivity contribution in [2.24, 2.45) is 0 Å². The molecule has 0 radical (unpaired) electrons. The van der Waals surface area contributed by atoms with Gasteiger partial charge in [0.15, 0.2) is 5.79 Å². The molecule has 2 aliphatic heterocycles. The molecule has 2 atom stereocenters. The Morgan fingerprint density at radius 1 is 1.19 bits per heavy atom. The van der Waals surface area contributed by atoms with Crippen LogP contribution in [0.5, 0.6) is 0 Å². The number of hydrogen-bond acceptors (Lipinski definition) is 6. The lowest BCUT2D eigenvalue weighted by molar-refractivity contribution is -0.299. The lowest BCUT2D eigenvalue weighted by Gasteiger charge is -2.43. The van der Waals surface area contributed by atoms with Gasteiger partial charge in [0, 0.05) is 20.8 Å². The number of nitrogens with zero attached hydrogens (tertiary/aromatic N) is 1. The molecule has 0 aliphatic carbocycles. The van der Waals surface area contributed by atoms with Crippen LogP contribution in [0.15, 0.2) is 40.9 Å². The molecule has 0 unspecified atom stereocenters. The second-order valence-electron chi connectivity index (χ2n) is 6.80. The minimum absolute atomic E-state index is 0.298. The van der Waals surface area contributed by atoms with E-state index in [1.54, 1.807) is 14.2 Å². The number of halogens is 1. The Labute approximate surface area is 163 Å². The molecular formula is C19H26BrNO5. The predicted octanol–water partition coefficient (Wildman–Crippen LogP) is 3.22. The van der Waals surface area contributed by atoms with Gasteiger partial charge in [0.1, 0.15) is 12.1 Å². The standard InChI is InChI=1S/C19H26BrNO5/c1-18(2)24-13-15(26-18)17-19(22-3,23-4)16(20)10-11-25-21(17)12-14-8-6-5-7-9-14/h5-10,15,17H,11-13H2,1-4H3/t15-,17-/m1/s1. The van der Waals surface area contributed by atoms with E-state index in [-0.39, 0.29) is 12.1 Å². The second kappa shape index (κ2) is 8.06. The zero-order chi connectivity index (χ0) is 18.8. The van der Waals surface area contributed by atoms with Gasteiger partial charge in [-0.25, -0.2) is 0 Å². The van der Waals surface area contributed by atoms with E-state index in [1.807, 2.05) is 43.2 Å². The first-order valence-corrected chi connectivity index (χ1v) is 9.43. The molecule has 0 amide bonds. The smallest absolute Gasteiger partial charge is 0.221 e. The predicted molar refractivity (Wildman–Crippen MR) is 100 cm³/mol. The van der Waals surface area contributed by atoms with Crippen LogP contribution in [0, 0.1) is 0 Å². The summed E-state index contributed by atoms with van der Waals surface area (Å²) in [6.07, 6.45) is 1.61. The van der Waals surface area contributed by atoms with Crippen molar-refractivity contribution >= 4 is 15.9 Å². The fourth-order valence-corrected chi connectivity index (χ4v) is 4.18. The number of hydrogen-bond donors (Lipinski definition) is 0. The molecule has 1 saturated heterocycles. The summed E-state index contributed by atoms with van der Waals surface area (Å²) < 4.78 is 24.5. The summed E-state index contributed by atoms with van der Waals surface area (Å²) in [6, 6.07) is 9.75. The maximum absolute atomic E-state index is 6.17. The topological polar surface area (TPSA) is 49.4 Å². The number of hydroxylamine groups is 2. The zero-order valence-corrected chi connectivity index (χ0v) is 17.2. The molecule has 144 valence electrons.